The maximum absolute atomic E-state index is 13.0. The summed E-state index contributed by atoms with van der Waals surface area (Å²) >= 11 is 0. The molecule has 33 heavy (non-hydrogen) atoms. The first-order valence-electron chi connectivity index (χ1n) is 10.5. The number of carbonyl (C=O) groups is 2. The summed E-state index contributed by atoms with van der Waals surface area (Å²) in [4.78, 5) is 26.3. The number of benzene rings is 2. The van der Waals surface area contributed by atoms with Crippen LogP contribution in [0.3, 0.4) is 0 Å². The van der Waals surface area contributed by atoms with E-state index in [9.17, 15) is 9.59 Å². The van der Waals surface area contributed by atoms with Crippen LogP contribution < -0.4 is 18.9 Å². The van der Waals surface area contributed by atoms with Gasteiger partial charge < -0.3 is 28.6 Å². The van der Waals surface area contributed by atoms with Crippen LogP contribution in [0.1, 0.15) is 24.5 Å². The second-order valence-corrected chi connectivity index (χ2v) is 7.08. The van der Waals surface area contributed by atoms with Crippen LogP contribution in [0.2, 0.25) is 0 Å². The van der Waals surface area contributed by atoms with Gasteiger partial charge in [-0.05, 0) is 47.9 Å². The zero-order chi connectivity index (χ0) is 24.2. The van der Waals surface area contributed by atoms with E-state index >= 15 is 0 Å². The topological polar surface area (TPSA) is 83.5 Å². The van der Waals surface area contributed by atoms with E-state index in [0.717, 1.165) is 17.5 Å². The van der Waals surface area contributed by atoms with Gasteiger partial charge in [0.1, 0.15) is 18.0 Å². The van der Waals surface area contributed by atoms with E-state index in [-0.39, 0.29) is 19.0 Å². The summed E-state index contributed by atoms with van der Waals surface area (Å²) in [6, 6.07) is 10.7. The molecule has 0 atom stereocenters. The van der Waals surface area contributed by atoms with Gasteiger partial charge in [-0.1, -0.05) is 13.0 Å². The van der Waals surface area contributed by atoms with Crippen molar-refractivity contribution in [3.8, 4) is 23.0 Å². The molecule has 0 spiro atoms. The zero-order valence-corrected chi connectivity index (χ0v) is 19.8. The summed E-state index contributed by atoms with van der Waals surface area (Å²) in [5, 5.41) is 0. The number of ether oxygens (including phenoxy) is 5. The van der Waals surface area contributed by atoms with Gasteiger partial charge in [0.15, 0.2) is 11.5 Å². The predicted molar refractivity (Wildman–Crippen MR) is 125 cm³/mol. The van der Waals surface area contributed by atoms with Crippen molar-refractivity contribution in [1.82, 2.24) is 4.90 Å². The molecule has 0 unspecified atom stereocenters. The lowest BCUT2D eigenvalue weighted by atomic mass is 10.1. The Morgan fingerprint density at radius 1 is 0.909 bits per heavy atom. The fourth-order valence-electron chi connectivity index (χ4n) is 3.00. The molecule has 0 radical (unpaired) electrons. The molecule has 2 aromatic rings. The Morgan fingerprint density at radius 2 is 1.61 bits per heavy atom. The van der Waals surface area contributed by atoms with Crippen LogP contribution in [0.5, 0.6) is 23.0 Å². The van der Waals surface area contributed by atoms with Crippen molar-refractivity contribution in [3.05, 3.63) is 53.6 Å². The molecular weight excluding hydrogens is 426 g/mol. The van der Waals surface area contributed by atoms with Crippen LogP contribution in [-0.4, -0.2) is 58.4 Å². The number of rotatable bonds is 12. The van der Waals surface area contributed by atoms with E-state index in [2.05, 4.69) is 0 Å². The molecular formula is C25H31NO7. The summed E-state index contributed by atoms with van der Waals surface area (Å²) < 4.78 is 26.4. The summed E-state index contributed by atoms with van der Waals surface area (Å²) in [5.41, 5.74) is 1.50. The third-order valence-corrected chi connectivity index (χ3v) is 4.71. The van der Waals surface area contributed by atoms with Crippen LogP contribution in [-0.2, 0) is 20.9 Å². The molecule has 0 saturated carbocycles. The molecule has 2 aromatic carbocycles. The average molecular weight is 458 g/mol. The van der Waals surface area contributed by atoms with E-state index in [0.29, 0.717) is 29.6 Å². The smallest absolute Gasteiger partial charge is 0.325 e. The van der Waals surface area contributed by atoms with Crippen molar-refractivity contribution in [1.29, 1.82) is 0 Å². The summed E-state index contributed by atoms with van der Waals surface area (Å²) in [6.45, 7) is 2.57. The van der Waals surface area contributed by atoms with E-state index in [1.54, 1.807) is 57.7 Å². The second-order valence-electron chi connectivity index (χ2n) is 7.08. The fraction of sp³-hybridized carbons (Fsp3) is 0.360. The lowest BCUT2D eigenvalue weighted by Gasteiger charge is -2.21. The maximum Gasteiger partial charge on any atom is 0.325 e. The molecule has 0 aliphatic carbocycles. The first-order valence-corrected chi connectivity index (χ1v) is 10.5. The third kappa shape index (κ3) is 7.75. The van der Waals surface area contributed by atoms with Gasteiger partial charge in [-0.2, -0.15) is 0 Å². The minimum absolute atomic E-state index is 0.166. The van der Waals surface area contributed by atoms with E-state index in [1.165, 1.54) is 18.1 Å². The highest BCUT2D eigenvalue weighted by molar-refractivity contribution is 5.93. The largest absolute Gasteiger partial charge is 0.497 e. The number of amides is 1. The number of methoxy groups -OCH3 is 4. The van der Waals surface area contributed by atoms with Gasteiger partial charge in [-0.3, -0.25) is 9.59 Å². The Bertz CT molecular complexity index is 949. The molecule has 0 aliphatic heterocycles. The molecule has 178 valence electrons. The number of hydrogen-bond donors (Lipinski definition) is 0. The third-order valence-electron chi connectivity index (χ3n) is 4.71. The van der Waals surface area contributed by atoms with Crippen molar-refractivity contribution in [2.24, 2.45) is 0 Å². The minimum Gasteiger partial charge on any atom is -0.497 e. The number of carbonyl (C=O) groups excluding carboxylic acids is 2. The Labute approximate surface area is 194 Å². The molecule has 2 rings (SSSR count). The van der Waals surface area contributed by atoms with E-state index in [1.807, 2.05) is 13.0 Å². The molecule has 8 heteroatoms. The Morgan fingerprint density at radius 3 is 2.18 bits per heavy atom. The normalized spacial score (nSPS) is 10.6. The molecule has 0 aromatic heterocycles. The summed E-state index contributed by atoms with van der Waals surface area (Å²) in [6.07, 6.45) is 3.95. The quantitative estimate of drug-likeness (QED) is 0.355. The minimum atomic E-state index is -0.522. The highest BCUT2D eigenvalue weighted by atomic mass is 16.5. The van der Waals surface area contributed by atoms with Crippen molar-refractivity contribution in [2.45, 2.75) is 19.9 Å². The lowest BCUT2D eigenvalue weighted by Crippen LogP contribution is -2.34. The van der Waals surface area contributed by atoms with Crippen LogP contribution in [0, 0.1) is 0 Å². The van der Waals surface area contributed by atoms with Gasteiger partial charge in [0.05, 0.1) is 35.0 Å². The SMILES string of the molecule is CCCOc1ccc(/C=C/C(=O)N(CC(=O)OC)Cc2cc(OC)cc(OC)c2)cc1OC. The molecule has 0 bridgehead atoms. The van der Waals surface area contributed by atoms with Crippen LogP contribution in [0.15, 0.2) is 42.5 Å². The molecule has 0 N–H and O–H groups in total. The fourth-order valence-corrected chi connectivity index (χ4v) is 3.00. The monoisotopic (exact) mass is 457 g/mol. The summed E-state index contributed by atoms with van der Waals surface area (Å²) in [7, 11) is 5.94. The van der Waals surface area contributed by atoms with Gasteiger partial charge in [0.25, 0.3) is 0 Å². The second kappa shape index (κ2) is 13.0. The molecule has 0 fully saturated rings. The van der Waals surface area contributed by atoms with Gasteiger partial charge >= 0.3 is 5.97 Å². The number of nitrogens with zero attached hydrogens (tertiary/aromatic N) is 1. The maximum atomic E-state index is 13.0. The number of esters is 1. The highest BCUT2D eigenvalue weighted by Gasteiger charge is 2.17. The van der Waals surface area contributed by atoms with Gasteiger partial charge in [-0.25, -0.2) is 0 Å². The lowest BCUT2D eigenvalue weighted by molar-refractivity contribution is -0.145. The first kappa shape index (κ1) is 25.6. The Balaban J connectivity index is 2.23. The van der Waals surface area contributed by atoms with E-state index < -0.39 is 5.97 Å². The summed E-state index contributed by atoms with van der Waals surface area (Å²) in [5.74, 6) is 1.51. The molecule has 8 nitrogen and oxygen atoms in total. The Hall–Kier alpha value is -3.68. The highest BCUT2D eigenvalue weighted by Crippen LogP contribution is 2.29. The van der Waals surface area contributed by atoms with Crippen LogP contribution >= 0.6 is 0 Å². The van der Waals surface area contributed by atoms with Gasteiger partial charge in [-0.15, -0.1) is 0 Å². The first-order chi connectivity index (χ1) is 15.9. The molecule has 0 heterocycles. The van der Waals surface area contributed by atoms with Crippen LogP contribution in [0.25, 0.3) is 6.08 Å². The molecule has 0 aliphatic rings. The van der Waals surface area contributed by atoms with Gasteiger partial charge in [0, 0.05) is 18.7 Å². The molecule has 0 saturated heterocycles. The van der Waals surface area contributed by atoms with Crippen molar-refractivity contribution in [3.63, 3.8) is 0 Å². The van der Waals surface area contributed by atoms with Gasteiger partial charge in [0.2, 0.25) is 5.91 Å². The average Bonchev–Trinajstić information content (AvgIpc) is 2.85. The van der Waals surface area contributed by atoms with Crippen molar-refractivity contribution in [2.75, 3.05) is 41.6 Å². The zero-order valence-electron chi connectivity index (χ0n) is 19.8. The standard InChI is InChI=1S/C25H31NO7/c1-6-11-33-22-9-7-18(14-23(22)31-4)8-10-24(27)26(17-25(28)32-5)16-19-12-20(29-2)15-21(13-19)30-3/h7-10,12-15H,6,11,16-17H2,1-5H3/b10-8+. The van der Waals surface area contributed by atoms with Crippen molar-refractivity contribution >= 4 is 18.0 Å². The predicted octanol–water partition coefficient (Wildman–Crippen LogP) is 3.72. The van der Waals surface area contributed by atoms with Crippen molar-refractivity contribution < 1.29 is 33.3 Å². The molecule has 1 amide bonds. The number of hydrogen-bond acceptors (Lipinski definition) is 7. The van der Waals surface area contributed by atoms with E-state index in [4.69, 9.17) is 23.7 Å². The Kier molecular flexibility index (Phi) is 10.1. The van der Waals surface area contributed by atoms with Crippen LogP contribution in [0.4, 0.5) is 0 Å².